The molecule has 6 nitrogen and oxygen atoms in total. The van der Waals surface area contributed by atoms with E-state index in [1.165, 1.54) is 6.20 Å². The summed E-state index contributed by atoms with van der Waals surface area (Å²) in [6, 6.07) is 0.0788. The number of hydrogen-bond acceptors (Lipinski definition) is 3. The van der Waals surface area contributed by atoms with Crippen LogP contribution in [0.2, 0.25) is 5.28 Å². The van der Waals surface area contributed by atoms with Crippen LogP contribution in [0.25, 0.3) is 0 Å². The Hall–Kier alpha value is -1.56. The minimum atomic E-state index is -0.214. The van der Waals surface area contributed by atoms with E-state index in [9.17, 15) is 9.59 Å². The van der Waals surface area contributed by atoms with Gasteiger partial charge in [-0.15, -0.1) is 0 Å². The topological polar surface area (TPSA) is 78.1 Å². The van der Waals surface area contributed by atoms with Gasteiger partial charge in [0.2, 0.25) is 11.2 Å². The van der Waals surface area contributed by atoms with Crippen LogP contribution in [0.3, 0.4) is 0 Å². The summed E-state index contributed by atoms with van der Waals surface area (Å²) in [5.41, 5.74) is 0.148. The highest BCUT2D eigenvalue weighted by Crippen LogP contribution is 2.64. The minimum absolute atomic E-state index is 0.0589. The van der Waals surface area contributed by atoms with E-state index in [0.717, 1.165) is 50.9 Å². The smallest absolute Gasteiger partial charge is 0.272 e. The SMILES string of the molecule is O=C(c1cnc(Cl)[nH]1)N1CCC(NC(=O)C23CC(C2)C3)C12CCC2. The van der Waals surface area contributed by atoms with E-state index < -0.39 is 0 Å². The maximum Gasteiger partial charge on any atom is 0.272 e. The van der Waals surface area contributed by atoms with E-state index in [-0.39, 0.29) is 34.1 Å². The van der Waals surface area contributed by atoms with Crippen molar-refractivity contribution in [1.82, 2.24) is 20.2 Å². The lowest BCUT2D eigenvalue weighted by molar-refractivity contribution is -0.166. The zero-order valence-electron chi connectivity index (χ0n) is 13.5. The first kappa shape index (κ1) is 14.8. The van der Waals surface area contributed by atoms with Crippen molar-refractivity contribution >= 4 is 23.4 Å². The number of aromatic nitrogens is 2. The predicted octanol–water partition coefficient (Wildman–Crippen LogP) is 2.12. The average molecular weight is 349 g/mol. The van der Waals surface area contributed by atoms with Gasteiger partial charge in [0.05, 0.1) is 17.8 Å². The van der Waals surface area contributed by atoms with Crippen LogP contribution in [-0.2, 0) is 4.79 Å². The van der Waals surface area contributed by atoms with Gasteiger partial charge in [0, 0.05) is 12.0 Å². The highest BCUT2D eigenvalue weighted by Gasteiger charge is 2.63. The molecule has 128 valence electrons. The number of imidazole rings is 1. The number of carbonyl (C=O) groups excluding carboxylic acids is 2. The van der Waals surface area contributed by atoms with Gasteiger partial charge in [-0.1, -0.05) is 0 Å². The molecule has 5 fully saturated rings. The monoisotopic (exact) mass is 348 g/mol. The second-order valence-electron chi connectivity index (χ2n) is 8.08. The van der Waals surface area contributed by atoms with Gasteiger partial charge in [0.25, 0.3) is 5.91 Å². The molecule has 1 atom stereocenters. The van der Waals surface area contributed by atoms with Crippen molar-refractivity contribution in [1.29, 1.82) is 0 Å². The van der Waals surface area contributed by atoms with E-state index in [1.54, 1.807) is 0 Å². The van der Waals surface area contributed by atoms with Crippen molar-refractivity contribution in [3.8, 4) is 0 Å². The fourth-order valence-electron chi connectivity index (χ4n) is 5.22. The minimum Gasteiger partial charge on any atom is -0.350 e. The van der Waals surface area contributed by atoms with Gasteiger partial charge in [0.1, 0.15) is 5.69 Å². The third-order valence-electron chi connectivity index (χ3n) is 6.89. The van der Waals surface area contributed by atoms with Crippen LogP contribution in [0.1, 0.15) is 55.4 Å². The van der Waals surface area contributed by atoms with Gasteiger partial charge >= 0.3 is 0 Å². The summed E-state index contributed by atoms with van der Waals surface area (Å²) in [5, 5.41) is 3.54. The summed E-state index contributed by atoms with van der Waals surface area (Å²) in [6.07, 6.45) is 8.54. The molecular formula is C17H21ClN4O2. The van der Waals surface area contributed by atoms with Crippen LogP contribution in [-0.4, -0.2) is 44.8 Å². The Bertz CT molecular complexity index is 709. The first-order chi connectivity index (χ1) is 11.5. The lowest BCUT2D eigenvalue weighted by Crippen LogP contribution is -2.66. The average Bonchev–Trinajstić information content (AvgIpc) is 2.97. The van der Waals surface area contributed by atoms with Crippen molar-refractivity contribution in [3.05, 3.63) is 17.2 Å². The Morgan fingerprint density at radius 2 is 2.08 bits per heavy atom. The van der Waals surface area contributed by atoms with E-state index in [0.29, 0.717) is 12.2 Å². The van der Waals surface area contributed by atoms with Crippen molar-refractivity contribution in [2.24, 2.45) is 11.3 Å². The first-order valence-electron chi connectivity index (χ1n) is 8.86. The molecule has 1 aliphatic heterocycles. The van der Waals surface area contributed by atoms with E-state index in [2.05, 4.69) is 15.3 Å². The van der Waals surface area contributed by atoms with E-state index in [1.807, 2.05) is 4.90 Å². The van der Waals surface area contributed by atoms with Gasteiger partial charge in [-0.3, -0.25) is 9.59 Å². The Balaban J connectivity index is 1.35. The predicted molar refractivity (Wildman–Crippen MR) is 87.5 cm³/mol. The van der Waals surface area contributed by atoms with Crippen LogP contribution >= 0.6 is 11.6 Å². The van der Waals surface area contributed by atoms with Gasteiger partial charge < -0.3 is 15.2 Å². The number of amides is 2. The Kier molecular flexibility index (Phi) is 2.92. The number of H-pyrrole nitrogens is 1. The van der Waals surface area contributed by atoms with E-state index >= 15 is 0 Å². The second kappa shape index (κ2) is 4.75. The molecule has 4 aliphatic carbocycles. The summed E-state index contributed by atoms with van der Waals surface area (Å²) < 4.78 is 0. The molecule has 2 heterocycles. The number of rotatable bonds is 3. The molecule has 7 heteroatoms. The normalized spacial score (nSPS) is 35.1. The van der Waals surface area contributed by atoms with Gasteiger partial charge in [0.15, 0.2) is 0 Å². The largest absolute Gasteiger partial charge is 0.350 e. The zero-order valence-corrected chi connectivity index (χ0v) is 14.2. The molecule has 0 radical (unpaired) electrons. The summed E-state index contributed by atoms with van der Waals surface area (Å²) in [5.74, 6) is 0.955. The molecule has 1 aromatic heterocycles. The number of aromatic amines is 1. The standard InChI is InChI=1S/C17H21ClN4O2/c18-15-19-9-11(20-15)13(23)22-5-2-12(17(22)3-1-4-17)21-14(24)16-6-10(7-16)8-16/h9-10,12H,1-8H2,(H,19,20)(H,21,24). The molecule has 4 saturated carbocycles. The van der Waals surface area contributed by atoms with Crippen LogP contribution in [0.15, 0.2) is 6.20 Å². The Morgan fingerprint density at radius 3 is 2.58 bits per heavy atom. The maximum absolute atomic E-state index is 12.9. The highest BCUT2D eigenvalue weighted by molar-refractivity contribution is 6.28. The molecule has 1 unspecified atom stereocenters. The number of halogens is 1. The quantitative estimate of drug-likeness (QED) is 0.878. The summed E-state index contributed by atoms with van der Waals surface area (Å²) in [4.78, 5) is 34.2. The summed E-state index contributed by atoms with van der Waals surface area (Å²) in [6.45, 7) is 0.677. The molecule has 0 aromatic carbocycles. The Morgan fingerprint density at radius 1 is 1.33 bits per heavy atom. The molecule has 1 aromatic rings. The summed E-state index contributed by atoms with van der Waals surface area (Å²) in [7, 11) is 0. The van der Waals surface area contributed by atoms with Gasteiger partial charge in [-0.2, -0.15) is 0 Å². The molecule has 2 amide bonds. The second-order valence-corrected chi connectivity index (χ2v) is 8.43. The number of hydrogen-bond donors (Lipinski definition) is 2. The third-order valence-corrected chi connectivity index (χ3v) is 7.08. The molecule has 6 rings (SSSR count). The van der Waals surface area contributed by atoms with Crippen molar-refractivity contribution < 1.29 is 9.59 Å². The van der Waals surface area contributed by atoms with Crippen molar-refractivity contribution in [2.75, 3.05) is 6.54 Å². The lowest BCUT2D eigenvalue weighted by atomic mass is 9.44. The van der Waals surface area contributed by atoms with Crippen molar-refractivity contribution in [2.45, 2.75) is 56.5 Å². The van der Waals surface area contributed by atoms with Crippen LogP contribution in [0.5, 0.6) is 0 Å². The first-order valence-corrected chi connectivity index (χ1v) is 9.24. The zero-order chi connectivity index (χ0) is 16.5. The van der Waals surface area contributed by atoms with Crippen LogP contribution in [0.4, 0.5) is 0 Å². The van der Waals surface area contributed by atoms with Gasteiger partial charge in [-0.25, -0.2) is 4.98 Å². The third kappa shape index (κ3) is 1.80. The fraction of sp³-hybridized carbons (Fsp3) is 0.706. The number of nitrogens with one attached hydrogen (secondary N) is 2. The number of likely N-dealkylation sites (tertiary alicyclic amines) is 1. The maximum atomic E-state index is 12.9. The van der Waals surface area contributed by atoms with Crippen molar-refractivity contribution in [3.63, 3.8) is 0 Å². The Labute approximate surface area is 145 Å². The lowest BCUT2D eigenvalue weighted by Gasteiger charge is -2.60. The molecule has 2 N–H and O–H groups in total. The number of carbonyl (C=O) groups is 2. The van der Waals surface area contributed by atoms with E-state index in [4.69, 9.17) is 11.6 Å². The molecule has 5 aliphatic rings. The molecular weight excluding hydrogens is 328 g/mol. The summed E-state index contributed by atoms with van der Waals surface area (Å²) >= 11 is 5.81. The van der Waals surface area contributed by atoms with Gasteiger partial charge in [-0.05, 0) is 62.5 Å². The van der Waals surface area contributed by atoms with Crippen LogP contribution < -0.4 is 5.32 Å². The van der Waals surface area contributed by atoms with Crippen LogP contribution in [0, 0.1) is 11.3 Å². The number of nitrogens with zero attached hydrogens (tertiary/aromatic N) is 2. The molecule has 1 spiro atoms. The fourth-order valence-corrected chi connectivity index (χ4v) is 5.37. The molecule has 24 heavy (non-hydrogen) atoms. The highest BCUT2D eigenvalue weighted by atomic mass is 35.5. The molecule has 2 bridgehead atoms. The molecule has 1 saturated heterocycles.